The Morgan fingerprint density at radius 2 is 2.18 bits per heavy atom. The molecule has 1 aliphatic heterocycles. The van der Waals surface area contributed by atoms with E-state index >= 15 is 0 Å². The van der Waals surface area contributed by atoms with Gasteiger partial charge in [0.1, 0.15) is 5.82 Å². The molecule has 3 heteroatoms. The summed E-state index contributed by atoms with van der Waals surface area (Å²) in [7, 11) is 0. The molecule has 1 heterocycles. The molecule has 0 spiro atoms. The summed E-state index contributed by atoms with van der Waals surface area (Å²) in [5.41, 5.74) is 2.58. The summed E-state index contributed by atoms with van der Waals surface area (Å²) < 4.78 is 13.7. The molecule has 0 unspecified atom stereocenters. The quantitative estimate of drug-likeness (QED) is 0.796. The van der Waals surface area contributed by atoms with Gasteiger partial charge in [0, 0.05) is 24.3 Å². The van der Waals surface area contributed by atoms with Gasteiger partial charge in [-0.1, -0.05) is 17.7 Å². The third-order valence-electron chi connectivity index (χ3n) is 3.22. The summed E-state index contributed by atoms with van der Waals surface area (Å²) >= 11 is 0. The van der Waals surface area contributed by atoms with E-state index in [1.165, 1.54) is 11.6 Å². The van der Waals surface area contributed by atoms with Crippen molar-refractivity contribution in [2.24, 2.45) is 0 Å². The highest BCUT2D eigenvalue weighted by atomic mass is 19.1. The molecule has 0 saturated heterocycles. The van der Waals surface area contributed by atoms with Crippen LogP contribution >= 0.6 is 0 Å². The Labute approximate surface area is 101 Å². The monoisotopic (exact) mass is 235 g/mol. The van der Waals surface area contributed by atoms with Crippen molar-refractivity contribution in [1.29, 1.82) is 0 Å². The number of hydrogen-bond donors (Lipinski definition) is 1. The molecule has 0 aromatic heterocycles. The van der Waals surface area contributed by atoms with E-state index in [2.05, 4.69) is 17.9 Å². The summed E-state index contributed by atoms with van der Waals surface area (Å²) in [5.74, 6) is -0.330. The standard InChI is InChI=1S/C14H18FNO/c1-10-6-8-16(9-7-10)13-5-3-4-12(15)14(13)11(2)17/h3-6,11,17H,7-9H2,1-2H3/t11-/m1/s1. The molecule has 1 N–H and O–H groups in total. The Bertz CT molecular complexity index is 440. The van der Waals surface area contributed by atoms with Crippen LogP contribution in [-0.4, -0.2) is 18.2 Å². The SMILES string of the molecule is CC1=CCN(c2cccc(F)c2[C@@H](C)O)CC1. The number of aliphatic hydroxyl groups is 1. The molecule has 17 heavy (non-hydrogen) atoms. The van der Waals surface area contributed by atoms with Crippen LogP contribution in [0.2, 0.25) is 0 Å². The molecule has 0 fully saturated rings. The van der Waals surface area contributed by atoms with Crippen LogP contribution in [0.25, 0.3) is 0 Å². The van der Waals surface area contributed by atoms with Gasteiger partial charge in [-0.25, -0.2) is 4.39 Å². The second-order valence-corrected chi connectivity index (χ2v) is 4.60. The minimum absolute atomic E-state index is 0.330. The molecule has 2 nitrogen and oxygen atoms in total. The van der Waals surface area contributed by atoms with Crippen LogP contribution in [0, 0.1) is 5.82 Å². The minimum Gasteiger partial charge on any atom is -0.389 e. The third-order valence-corrected chi connectivity index (χ3v) is 3.22. The molecule has 92 valence electrons. The topological polar surface area (TPSA) is 23.5 Å². The van der Waals surface area contributed by atoms with E-state index in [0.29, 0.717) is 5.56 Å². The second kappa shape index (κ2) is 4.88. The largest absolute Gasteiger partial charge is 0.389 e. The fourth-order valence-corrected chi connectivity index (χ4v) is 2.20. The molecular formula is C14H18FNO. The number of aliphatic hydroxyl groups excluding tert-OH is 1. The summed E-state index contributed by atoms with van der Waals surface area (Å²) in [6.07, 6.45) is 2.37. The van der Waals surface area contributed by atoms with E-state index in [1.807, 2.05) is 6.07 Å². The van der Waals surface area contributed by atoms with Gasteiger partial charge in [0.05, 0.1) is 6.10 Å². The van der Waals surface area contributed by atoms with Gasteiger partial charge in [-0.15, -0.1) is 0 Å². The average Bonchev–Trinajstić information content (AvgIpc) is 2.29. The summed E-state index contributed by atoms with van der Waals surface area (Å²) in [5, 5.41) is 9.69. The van der Waals surface area contributed by atoms with Crippen LogP contribution in [0.4, 0.5) is 10.1 Å². The molecule has 0 saturated carbocycles. The Balaban J connectivity index is 2.35. The Hall–Kier alpha value is -1.35. The highest BCUT2D eigenvalue weighted by Crippen LogP contribution is 2.30. The van der Waals surface area contributed by atoms with Gasteiger partial charge in [-0.05, 0) is 32.4 Å². The van der Waals surface area contributed by atoms with Crippen molar-refractivity contribution >= 4 is 5.69 Å². The van der Waals surface area contributed by atoms with Crippen molar-refractivity contribution < 1.29 is 9.50 Å². The van der Waals surface area contributed by atoms with Gasteiger partial charge in [-0.3, -0.25) is 0 Å². The molecule has 0 aliphatic carbocycles. The Kier molecular flexibility index (Phi) is 3.48. The van der Waals surface area contributed by atoms with Gasteiger partial charge in [0.15, 0.2) is 0 Å². The lowest BCUT2D eigenvalue weighted by atomic mass is 10.0. The van der Waals surface area contributed by atoms with E-state index in [9.17, 15) is 9.50 Å². The van der Waals surface area contributed by atoms with E-state index in [4.69, 9.17) is 0 Å². The van der Waals surface area contributed by atoms with Crippen molar-refractivity contribution in [3.63, 3.8) is 0 Å². The maximum Gasteiger partial charge on any atom is 0.131 e. The first kappa shape index (κ1) is 12.1. The molecule has 0 radical (unpaired) electrons. The summed E-state index contributed by atoms with van der Waals surface area (Å²) in [6.45, 7) is 5.38. The van der Waals surface area contributed by atoms with Crippen molar-refractivity contribution in [1.82, 2.24) is 0 Å². The van der Waals surface area contributed by atoms with Gasteiger partial charge in [0.25, 0.3) is 0 Å². The Morgan fingerprint density at radius 3 is 2.76 bits per heavy atom. The molecular weight excluding hydrogens is 217 g/mol. The first-order chi connectivity index (χ1) is 8.09. The lowest BCUT2D eigenvalue weighted by molar-refractivity contribution is 0.194. The predicted molar refractivity (Wildman–Crippen MR) is 67.6 cm³/mol. The van der Waals surface area contributed by atoms with Gasteiger partial charge in [0.2, 0.25) is 0 Å². The summed E-state index contributed by atoms with van der Waals surface area (Å²) in [6, 6.07) is 4.97. The molecule has 1 atom stereocenters. The molecule has 1 aliphatic rings. The number of halogens is 1. The molecule has 1 aromatic rings. The van der Waals surface area contributed by atoms with E-state index in [-0.39, 0.29) is 5.82 Å². The maximum atomic E-state index is 13.7. The number of anilines is 1. The fourth-order valence-electron chi connectivity index (χ4n) is 2.20. The van der Waals surface area contributed by atoms with Gasteiger partial charge < -0.3 is 10.0 Å². The second-order valence-electron chi connectivity index (χ2n) is 4.60. The minimum atomic E-state index is -0.779. The van der Waals surface area contributed by atoms with E-state index < -0.39 is 6.10 Å². The van der Waals surface area contributed by atoms with E-state index in [1.54, 1.807) is 13.0 Å². The molecule has 0 amide bonds. The lowest BCUT2D eigenvalue weighted by Crippen LogP contribution is -2.29. The van der Waals surface area contributed by atoms with Gasteiger partial charge >= 0.3 is 0 Å². The van der Waals surface area contributed by atoms with Crippen LogP contribution in [0.3, 0.4) is 0 Å². The predicted octanol–water partition coefficient (Wildman–Crippen LogP) is 3.04. The number of hydrogen-bond acceptors (Lipinski definition) is 2. The van der Waals surface area contributed by atoms with Gasteiger partial charge in [-0.2, -0.15) is 0 Å². The molecule has 1 aromatic carbocycles. The number of nitrogens with zero attached hydrogens (tertiary/aromatic N) is 1. The number of benzene rings is 1. The van der Waals surface area contributed by atoms with Crippen molar-refractivity contribution in [2.45, 2.75) is 26.4 Å². The van der Waals surface area contributed by atoms with Crippen molar-refractivity contribution in [2.75, 3.05) is 18.0 Å². The normalized spacial score (nSPS) is 17.9. The van der Waals surface area contributed by atoms with Crippen LogP contribution in [0.5, 0.6) is 0 Å². The van der Waals surface area contributed by atoms with Crippen molar-refractivity contribution in [3.05, 3.63) is 41.2 Å². The van der Waals surface area contributed by atoms with Crippen LogP contribution in [-0.2, 0) is 0 Å². The molecule has 0 bridgehead atoms. The zero-order chi connectivity index (χ0) is 12.4. The zero-order valence-electron chi connectivity index (χ0n) is 10.3. The smallest absolute Gasteiger partial charge is 0.131 e. The van der Waals surface area contributed by atoms with Crippen LogP contribution < -0.4 is 4.90 Å². The maximum absolute atomic E-state index is 13.7. The van der Waals surface area contributed by atoms with E-state index in [0.717, 1.165) is 25.2 Å². The molecule has 2 rings (SSSR count). The van der Waals surface area contributed by atoms with Crippen molar-refractivity contribution in [3.8, 4) is 0 Å². The highest BCUT2D eigenvalue weighted by Gasteiger charge is 2.19. The van der Waals surface area contributed by atoms with Crippen LogP contribution in [0.15, 0.2) is 29.8 Å². The highest BCUT2D eigenvalue weighted by molar-refractivity contribution is 5.56. The van der Waals surface area contributed by atoms with Crippen LogP contribution in [0.1, 0.15) is 31.9 Å². The first-order valence-electron chi connectivity index (χ1n) is 5.96. The third kappa shape index (κ3) is 2.50. The Morgan fingerprint density at radius 1 is 1.41 bits per heavy atom. The zero-order valence-corrected chi connectivity index (χ0v) is 10.3. The lowest BCUT2D eigenvalue weighted by Gasteiger charge is -2.30. The number of rotatable bonds is 2. The average molecular weight is 235 g/mol. The summed E-state index contributed by atoms with van der Waals surface area (Å²) in [4.78, 5) is 2.11. The first-order valence-corrected chi connectivity index (χ1v) is 5.96. The fraction of sp³-hybridized carbons (Fsp3) is 0.429.